The molecule has 0 heterocycles. The lowest BCUT2D eigenvalue weighted by molar-refractivity contribution is 0.538. The van der Waals surface area contributed by atoms with E-state index in [-0.39, 0.29) is 16.9 Å². The van der Waals surface area contributed by atoms with Crippen molar-refractivity contribution in [3.8, 4) is 0 Å². The minimum Gasteiger partial charge on any atom is -0.328 e. The third kappa shape index (κ3) is 4.11. The van der Waals surface area contributed by atoms with Crippen molar-refractivity contribution in [1.82, 2.24) is 0 Å². The first kappa shape index (κ1) is 13.5. The van der Waals surface area contributed by atoms with Gasteiger partial charge in [0.1, 0.15) is 5.82 Å². The Balaban J connectivity index is 2.40. The SMILES string of the molecule is CCCC(N)CCCc1cccc(F)c1Cl. The van der Waals surface area contributed by atoms with Gasteiger partial charge in [0.25, 0.3) is 0 Å². The van der Waals surface area contributed by atoms with Crippen LogP contribution in [0.5, 0.6) is 0 Å². The van der Waals surface area contributed by atoms with E-state index in [1.54, 1.807) is 6.07 Å². The molecule has 0 spiro atoms. The molecule has 1 nitrogen and oxygen atoms in total. The third-order valence-electron chi connectivity index (χ3n) is 2.71. The van der Waals surface area contributed by atoms with Crippen LogP contribution in [0.4, 0.5) is 4.39 Å². The first-order chi connectivity index (χ1) is 7.65. The molecule has 1 rings (SSSR count). The molecular weight excluding hydrogens is 225 g/mol. The summed E-state index contributed by atoms with van der Waals surface area (Å²) in [5.74, 6) is -0.336. The number of rotatable bonds is 6. The first-order valence-corrected chi connectivity index (χ1v) is 6.21. The van der Waals surface area contributed by atoms with Crippen molar-refractivity contribution < 1.29 is 4.39 Å². The molecule has 0 aromatic heterocycles. The molecule has 0 fully saturated rings. The monoisotopic (exact) mass is 243 g/mol. The molecule has 1 aromatic rings. The van der Waals surface area contributed by atoms with E-state index in [4.69, 9.17) is 17.3 Å². The average molecular weight is 244 g/mol. The predicted molar refractivity (Wildman–Crippen MR) is 67.2 cm³/mol. The Labute approximate surface area is 102 Å². The Morgan fingerprint density at radius 3 is 2.81 bits per heavy atom. The highest BCUT2D eigenvalue weighted by atomic mass is 35.5. The largest absolute Gasteiger partial charge is 0.328 e. The zero-order valence-corrected chi connectivity index (χ0v) is 10.4. The summed E-state index contributed by atoms with van der Waals surface area (Å²) in [6.45, 7) is 2.13. The maximum Gasteiger partial charge on any atom is 0.142 e. The van der Waals surface area contributed by atoms with Gasteiger partial charge in [0.15, 0.2) is 0 Å². The average Bonchev–Trinajstić information content (AvgIpc) is 2.25. The Kier molecular flexibility index (Phi) is 5.78. The summed E-state index contributed by atoms with van der Waals surface area (Å²) in [7, 11) is 0. The zero-order valence-electron chi connectivity index (χ0n) is 9.68. The molecule has 0 amide bonds. The highest BCUT2D eigenvalue weighted by molar-refractivity contribution is 6.31. The van der Waals surface area contributed by atoms with Crippen LogP contribution in [-0.2, 0) is 6.42 Å². The molecule has 16 heavy (non-hydrogen) atoms. The minimum absolute atomic E-state index is 0.256. The summed E-state index contributed by atoms with van der Waals surface area (Å²) in [4.78, 5) is 0. The van der Waals surface area contributed by atoms with Gasteiger partial charge >= 0.3 is 0 Å². The van der Waals surface area contributed by atoms with Gasteiger partial charge in [0, 0.05) is 6.04 Å². The fourth-order valence-electron chi connectivity index (χ4n) is 1.81. The van der Waals surface area contributed by atoms with E-state index in [9.17, 15) is 4.39 Å². The zero-order chi connectivity index (χ0) is 12.0. The molecule has 1 atom stereocenters. The topological polar surface area (TPSA) is 26.0 Å². The van der Waals surface area contributed by atoms with Crippen LogP contribution in [0, 0.1) is 5.82 Å². The summed E-state index contributed by atoms with van der Waals surface area (Å²) < 4.78 is 13.1. The van der Waals surface area contributed by atoms with Gasteiger partial charge in [0.2, 0.25) is 0 Å². The van der Waals surface area contributed by atoms with E-state index in [1.165, 1.54) is 6.07 Å². The number of aryl methyl sites for hydroxylation is 1. The lowest BCUT2D eigenvalue weighted by Crippen LogP contribution is -2.19. The maximum atomic E-state index is 13.1. The second-order valence-corrected chi connectivity index (χ2v) is 4.53. The molecule has 3 heteroatoms. The van der Waals surface area contributed by atoms with Crippen LogP contribution in [-0.4, -0.2) is 6.04 Å². The Hall–Kier alpha value is -0.600. The molecule has 0 bridgehead atoms. The number of hydrogen-bond donors (Lipinski definition) is 1. The number of benzene rings is 1. The van der Waals surface area contributed by atoms with Crippen LogP contribution in [0.3, 0.4) is 0 Å². The van der Waals surface area contributed by atoms with Crippen molar-refractivity contribution in [3.05, 3.63) is 34.6 Å². The van der Waals surface area contributed by atoms with Gasteiger partial charge in [-0.05, 0) is 37.3 Å². The Morgan fingerprint density at radius 1 is 1.38 bits per heavy atom. The smallest absolute Gasteiger partial charge is 0.142 e. The quantitative estimate of drug-likeness (QED) is 0.805. The van der Waals surface area contributed by atoms with E-state index < -0.39 is 0 Å². The van der Waals surface area contributed by atoms with E-state index in [0.29, 0.717) is 0 Å². The maximum absolute atomic E-state index is 13.1. The van der Waals surface area contributed by atoms with Crippen LogP contribution in [0.25, 0.3) is 0 Å². The van der Waals surface area contributed by atoms with Crippen molar-refractivity contribution in [2.45, 2.75) is 45.1 Å². The molecule has 0 aliphatic carbocycles. The summed E-state index contributed by atoms with van der Waals surface area (Å²) in [5.41, 5.74) is 6.79. The third-order valence-corrected chi connectivity index (χ3v) is 3.14. The van der Waals surface area contributed by atoms with Gasteiger partial charge < -0.3 is 5.73 Å². The van der Waals surface area contributed by atoms with Gasteiger partial charge in [-0.25, -0.2) is 4.39 Å². The molecule has 1 aromatic carbocycles. The fourth-order valence-corrected chi connectivity index (χ4v) is 2.03. The van der Waals surface area contributed by atoms with E-state index in [1.807, 2.05) is 6.07 Å². The number of halogens is 2. The molecule has 0 saturated heterocycles. The fraction of sp³-hybridized carbons (Fsp3) is 0.538. The van der Waals surface area contributed by atoms with E-state index >= 15 is 0 Å². The van der Waals surface area contributed by atoms with Gasteiger partial charge in [-0.2, -0.15) is 0 Å². The standard InChI is InChI=1S/C13H19ClFN/c1-2-5-11(16)8-3-6-10-7-4-9-12(15)13(10)14/h4,7,9,11H,2-3,5-6,8,16H2,1H3. The second-order valence-electron chi connectivity index (χ2n) is 4.15. The highest BCUT2D eigenvalue weighted by Crippen LogP contribution is 2.21. The molecule has 0 aliphatic rings. The normalized spacial score (nSPS) is 12.8. The lowest BCUT2D eigenvalue weighted by atomic mass is 10.0. The summed E-state index contributed by atoms with van der Waals surface area (Å²) in [5, 5.41) is 0.256. The molecule has 0 aliphatic heterocycles. The van der Waals surface area contributed by atoms with Crippen molar-refractivity contribution in [1.29, 1.82) is 0 Å². The summed E-state index contributed by atoms with van der Waals surface area (Å²) in [6, 6.07) is 5.21. The van der Waals surface area contributed by atoms with Crippen LogP contribution >= 0.6 is 11.6 Å². The van der Waals surface area contributed by atoms with Crippen molar-refractivity contribution in [3.63, 3.8) is 0 Å². The molecular formula is C13H19ClFN. The van der Waals surface area contributed by atoms with Crippen LogP contribution < -0.4 is 5.73 Å². The summed E-state index contributed by atoms with van der Waals surface area (Å²) in [6.07, 6.45) is 4.90. The predicted octanol–water partition coefficient (Wildman–Crippen LogP) is 3.93. The van der Waals surface area contributed by atoms with Crippen LogP contribution in [0.15, 0.2) is 18.2 Å². The minimum atomic E-state index is -0.336. The molecule has 1 unspecified atom stereocenters. The van der Waals surface area contributed by atoms with Crippen LogP contribution in [0.1, 0.15) is 38.2 Å². The van der Waals surface area contributed by atoms with E-state index in [2.05, 4.69) is 6.92 Å². The van der Waals surface area contributed by atoms with Gasteiger partial charge in [-0.3, -0.25) is 0 Å². The van der Waals surface area contributed by atoms with Gasteiger partial charge in [-0.15, -0.1) is 0 Å². The van der Waals surface area contributed by atoms with Crippen molar-refractivity contribution >= 4 is 11.6 Å². The Morgan fingerprint density at radius 2 is 2.12 bits per heavy atom. The van der Waals surface area contributed by atoms with Crippen molar-refractivity contribution in [2.24, 2.45) is 5.73 Å². The Bertz CT molecular complexity index is 328. The molecule has 2 N–H and O–H groups in total. The first-order valence-electron chi connectivity index (χ1n) is 5.83. The van der Waals surface area contributed by atoms with Gasteiger partial charge in [0.05, 0.1) is 5.02 Å². The molecule has 90 valence electrons. The van der Waals surface area contributed by atoms with Crippen molar-refractivity contribution in [2.75, 3.05) is 0 Å². The van der Waals surface area contributed by atoms with E-state index in [0.717, 1.165) is 37.7 Å². The number of nitrogens with two attached hydrogens (primary N) is 1. The molecule has 0 radical (unpaired) electrons. The summed E-state index contributed by atoms with van der Waals surface area (Å²) >= 11 is 5.86. The highest BCUT2D eigenvalue weighted by Gasteiger charge is 2.06. The van der Waals surface area contributed by atoms with Crippen LogP contribution in [0.2, 0.25) is 5.02 Å². The second kappa shape index (κ2) is 6.87. The van der Waals surface area contributed by atoms with Gasteiger partial charge in [-0.1, -0.05) is 37.1 Å². The molecule has 0 saturated carbocycles. The number of hydrogen-bond acceptors (Lipinski definition) is 1. The lowest BCUT2D eigenvalue weighted by Gasteiger charge is -2.10.